The summed E-state index contributed by atoms with van der Waals surface area (Å²) >= 11 is 0. The van der Waals surface area contributed by atoms with E-state index in [4.69, 9.17) is 16.7 Å². The summed E-state index contributed by atoms with van der Waals surface area (Å²) in [6, 6.07) is 57.6. The standard InChI is InChI=1S/C46H27N7/c1-48-33-26-24-31(25-27-33)45-49-46(32-22-20-30(29-47)21-23-32)53(50-45)43-19-9-15-39-38-14-4-7-18-42(38)52(44(39)43)35-11-8-10-34(28-35)51-40-16-5-2-12-36(40)37-13-3-6-17-41(37)51/h2-28H. The second-order valence-corrected chi connectivity index (χ2v) is 12.9. The molecule has 0 bridgehead atoms. The summed E-state index contributed by atoms with van der Waals surface area (Å²) < 4.78 is 6.58. The molecule has 0 saturated heterocycles. The van der Waals surface area contributed by atoms with Gasteiger partial charge in [0.2, 0.25) is 0 Å². The lowest BCUT2D eigenvalue weighted by Crippen LogP contribution is -2.04. The molecular formula is C46H27N7. The third kappa shape index (κ3) is 4.73. The molecule has 0 aliphatic rings. The highest BCUT2D eigenvalue weighted by Gasteiger charge is 2.22. The van der Waals surface area contributed by atoms with Crippen LogP contribution in [0.25, 0.3) is 88.3 Å². The van der Waals surface area contributed by atoms with E-state index >= 15 is 0 Å². The minimum atomic E-state index is 0.536. The summed E-state index contributed by atoms with van der Waals surface area (Å²) in [6.07, 6.45) is 0. The van der Waals surface area contributed by atoms with Gasteiger partial charge in [-0.1, -0.05) is 97.1 Å². The molecule has 0 spiro atoms. The van der Waals surface area contributed by atoms with E-state index in [1.165, 1.54) is 10.8 Å². The summed E-state index contributed by atoms with van der Waals surface area (Å²) in [4.78, 5) is 8.64. The van der Waals surface area contributed by atoms with E-state index in [9.17, 15) is 5.26 Å². The molecule has 0 unspecified atom stereocenters. The molecular weight excluding hydrogens is 651 g/mol. The van der Waals surface area contributed by atoms with Gasteiger partial charge in [0.15, 0.2) is 17.3 Å². The molecule has 246 valence electrons. The molecule has 10 aromatic rings. The third-order valence-corrected chi connectivity index (χ3v) is 9.96. The van der Waals surface area contributed by atoms with Crippen LogP contribution in [0.2, 0.25) is 0 Å². The quantitative estimate of drug-likeness (QED) is 0.170. The maximum atomic E-state index is 9.53. The van der Waals surface area contributed by atoms with Crippen molar-refractivity contribution in [2.45, 2.75) is 0 Å². The lowest BCUT2D eigenvalue weighted by Gasteiger charge is -2.15. The zero-order valence-electron chi connectivity index (χ0n) is 28.2. The number of hydrogen-bond donors (Lipinski definition) is 0. The van der Waals surface area contributed by atoms with Gasteiger partial charge in [-0.2, -0.15) is 5.26 Å². The number of aromatic nitrogens is 5. The highest BCUT2D eigenvalue weighted by molar-refractivity contribution is 6.12. The van der Waals surface area contributed by atoms with Crippen LogP contribution in [0.5, 0.6) is 0 Å². The Morgan fingerprint density at radius 3 is 1.74 bits per heavy atom. The van der Waals surface area contributed by atoms with Crippen LogP contribution in [0.3, 0.4) is 0 Å². The molecule has 7 nitrogen and oxygen atoms in total. The maximum Gasteiger partial charge on any atom is 0.187 e. The fraction of sp³-hybridized carbons (Fsp3) is 0. The molecule has 10 rings (SSSR count). The fourth-order valence-electron chi connectivity index (χ4n) is 7.58. The van der Waals surface area contributed by atoms with E-state index < -0.39 is 0 Å². The third-order valence-electron chi connectivity index (χ3n) is 9.96. The van der Waals surface area contributed by atoms with Gasteiger partial charge in [0, 0.05) is 44.0 Å². The minimum Gasteiger partial charge on any atom is -0.309 e. The predicted octanol–water partition coefficient (Wildman–Crippen LogP) is 11.2. The van der Waals surface area contributed by atoms with Crippen molar-refractivity contribution in [2.75, 3.05) is 0 Å². The van der Waals surface area contributed by atoms with Gasteiger partial charge in [0.05, 0.1) is 46.0 Å². The Kier molecular flexibility index (Phi) is 6.79. The molecule has 0 radical (unpaired) electrons. The van der Waals surface area contributed by atoms with Crippen LogP contribution in [0.15, 0.2) is 164 Å². The normalized spacial score (nSPS) is 11.4. The van der Waals surface area contributed by atoms with Gasteiger partial charge in [-0.3, -0.25) is 0 Å². The molecule has 3 aromatic heterocycles. The molecule has 53 heavy (non-hydrogen) atoms. The topological polar surface area (TPSA) is 68.7 Å². The monoisotopic (exact) mass is 677 g/mol. The number of nitriles is 1. The number of rotatable bonds is 5. The smallest absolute Gasteiger partial charge is 0.187 e. The van der Waals surface area contributed by atoms with Gasteiger partial charge in [-0.15, -0.1) is 5.10 Å². The van der Waals surface area contributed by atoms with Gasteiger partial charge in [-0.25, -0.2) is 14.5 Å². The first-order chi connectivity index (χ1) is 26.2. The molecule has 0 aliphatic carbocycles. The Morgan fingerprint density at radius 2 is 1.09 bits per heavy atom. The van der Waals surface area contributed by atoms with Gasteiger partial charge < -0.3 is 9.13 Å². The lowest BCUT2D eigenvalue weighted by molar-refractivity contribution is 0.892. The molecule has 7 aromatic carbocycles. The van der Waals surface area contributed by atoms with Gasteiger partial charge in [0.1, 0.15) is 0 Å². The molecule has 3 heterocycles. The largest absolute Gasteiger partial charge is 0.309 e. The van der Waals surface area contributed by atoms with Gasteiger partial charge in [0.25, 0.3) is 0 Å². The zero-order valence-corrected chi connectivity index (χ0v) is 28.2. The zero-order chi connectivity index (χ0) is 35.5. The van der Waals surface area contributed by atoms with Crippen LogP contribution in [-0.4, -0.2) is 23.9 Å². The molecule has 0 aliphatic heterocycles. The van der Waals surface area contributed by atoms with Crippen LogP contribution in [-0.2, 0) is 0 Å². The van der Waals surface area contributed by atoms with Crippen molar-refractivity contribution in [3.8, 4) is 45.9 Å². The first-order valence-corrected chi connectivity index (χ1v) is 17.3. The van der Waals surface area contributed by atoms with Crippen molar-refractivity contribution in [2.24, 2.45) is 0 Å². The summed E-state index contributed by atoms with van der Waals surface area (Å²) in [5.41, 5.74) is 10.1. The summed E-state index contributed by atoms with van der Waals surface area (Å²) in [5, 5.41) is 19.3. The van der Waals surface area contributed by atoms with Crippen molar-refractivity contribution in [1.82, 2.24) is 23.9 Å². The van der Waals surface area contributed by atoms with Crippen LogP contribution >= 0.6 is 0 Å². The number of fused-ring (bicyclic) bond motifs is 6. The number of nitrogens with zero attached hydrogens (tertiary/aromatic N) is 7. The Hall–Kier alpha value is -7.74. The highest BCUT2D eigenvalue weighted by atomic mass is 15.4. The van der Waals surface area contributed by atoms with Gasteiger partial charge in [-0.05, 0) is 66.7 Å². The molecule has 7 heteroatoms. The van der Waals surface area contributed by atoms with Gasteiger partial charge >= 0.3 is 0 Å². The molecule has 0 atom stereocenters. The summed E-state index contributed by atoms with van der Waals surface area (Å²) in [7, 11) is 0. The Morgan fingerprint density at radius 1 is 0.547 bits per heavy atom. The van der Waals surface area contributed by atoms with Crippen LogP contribution < -0.4 is 0 Å². The van der Waals surface area contributed by atoms with Crippen molar-refractivity contribution >= 4 is 49.3 Å². The van der Waals surface area contributed by atoms with E-state index in [0.29, 0.717) is 22.9 Å². The molecule has 0 amide bonds. The summed E-state index contributed by atoms with van der Waals surface area (Å²) in [6.45, 7) is 7.42. The maximum absolute atomic E-state index is 9.53. The highest BCUT2D eigenvalue weighted by Crippen LogP contribution is 2.39. The van der Waals surface area contributed by atoms with Crippen molar-refractivity contribution in [3.63, 3.8) is 0 Å². The number of para-hydroxylation sites is 4. The average Bonchev–Trinajstić information content (AvgIpc) is 3.92. The second-order valence-electron chi connectivity index (χ2n) is 12.9. The molecule has 0 N–H and O–H groups in total. The van der Waals surface area contributed by atoms with E-state index in [0.717, 1.165) is 61.0 Å². The number of hydrogen-bond acceptors (Lipinski definition) is 3. The van der Waals surface area contributed by atoms with Crippen molar-refractivity contribution < 1.29 is 0 Å². The van der Waals surface area contributed by atoms with E-state index in [-0.39, 0.29) is 0 Å². The lowest BCUT2D eigenvalue weighted by atomic mass is 10.1. The predicted molar refractivity (Wildman–Crippen MR) is 212 cm³/mol. The Labute approximate surface area is 304 Å². The van der Waals surface area contributed by atoms with Crippen molar-refractivity contribution in [1.29, 1.82) is 5.26 Å². The molecule has 0 saturated carbocycles. The minimum absolute atomic E-state index is 0.536. The van der Waals surface area contributed by atoms with Crippen LogP contribution in [0, 0.1) is 17.9 Å². The van der Waals surface area contributed by atoms with Crippen LogP contribution in [0.1, 0.15) is 5.56 Å². The van der Waals surface area contributed by atoms with E-state index in [1.807, 2.05) is 28.9 Å². The molecule has 0 fully saturated rings. The first-order valence-electron chi connectivity index (χ1n) is 17.3. The van der Waals surface area contributed by atoms with E-state index in [2.05, 4.69) is 135 Å². The van der Waals surface area contributed by atoms with E-state index in [1.54, 1.807) is 24.3 Å². The van der Waals surface area contributed by atoms with Crippen LogP contribution in [0.4, 0.5) is 5.69 Å². The Bertz CT molecular complexity index is 3070. The summed E-state index contributed by atoms with van der Waals surface area (Å²) in [5.74, 6) is 1.18. The number of benzene rings is 7. The fourth-order valence-corrected chi connectivity index (χ4v) is 7.58. The SMILES string of the molecule is [C-]#[N+]c1ccc(-c2nc(-c3ccc(C#N)cc3)n(-c3cccc4c5ccccc5n(-c5cccc(-n6c7ccccc7c7ccccc76)c5)c34)n2)cc1. The average molecular weight is 678 g/mol. The second kappa shape index (κ2) is 11.9. The Balaban J connectivity index is 1.24. The van der Waals surface area contributed by atoms with Crippen molar-refractivity contribution in [3.05, 3.63) is 181 Å². The first kappa shape index (κ1) is 30.1.